The summed E-state index contributed by atoms with van der Waals surface area (Å²) in [4.78, 5) is 0. The molecule has 0 radical (unpaired) electrons. The number of nitrogens with one attached hydrogen (secondary N) is 1. The van der Waals surface area contributed by atoms with Crippen molar-refractivity contribution in [1.29, 1.82) is 0 Å². The normalized spacial score (nSPS) is 18.1. The summed E-state index contributed by atoms with van der Waals surface area (Å²) in [6.45, 7) is 1.73. The smallest absolute Gasteiger partial charge is 0.0649 e. The Morgan fingerprint density at radius 3 is 2.65 bits per heavy atom. The molecule has 2 aromatic rings. The van der Waals surface area contributed by atoms with E-state index in [0.29, 0.717) is 12.0 Å². The number of para-hydroxylation sites is 1. The molecule has 3 rings (SSSR count). The van der Waals surface area contributed by atoms with E-state index in [2.05, 4.69) is 28.6 Å². The summed E-state index contributed by atoms with van der Waals surface area (Å²) in [5.74, 6) is 0.605. The predicted octanol–water partition coefficient (Wildman–Crippen LogP) is 2.56. The van der Waals surface area contributed by atoms with Crippen molar-refractivity contribution < 1.29 is 4.74 Å². The highest BCUT2D eigenvalue weighted by Crippen LogP contribution is 2.30. The van der Waals surface area contributed by atoms with Gasteiger partial charge < -0.3 is 10.1 Å². The van der Waals surface area contributed by atoms with E-state index in [9.17, 15) is 0 Å². The molecule has 0 spiro atoms. The van der Waals surface area contributed by atoms with Crippen LogP contribution in [0.25, 0.3) is 5.69 Å². The lowest BCUT2D eigenvalue weighted by Crippen LogP contribution is -2.31. The van der Waals surface area contributed by atoms with Gasteiger partial charge in [0.15, 0.2) is 0 Å². The van der Waals surface area contributed by atoms with Gasteiger partial charge in [-0.2, -0.15) is 5.10 Å². The lowest BCUT2D eigenvalue weighted by molar-refractivity contribution is 0.0538. The zero-order valence-electron chi connectivity index (χ0n) is 11.8. The Labute approximate surface area is 119 Å². The van der Waals surface area contributed by atoms with Crippen LogP contribution in [-0.4, -0.2) is 30.0 Å². The second-order valence-electron chi connectivity index (χ2n) is 5.22. The summed E-state index contributed by atoms with van der Waals surface area (Å²) in [7, 11) is 2.03. The maximum Gasteiger partial charge on any atom is 0.0649 e. The molecule has 1 unspecified atom stereocenters. The fourth-order valence-electron chi connectivity index (χ4n) is 3.01. The molecule has 1 aromatic heterocycles. The summed E-state index contributed by atoms with van der Waals surface area (Å²) in [6.07, 6.45) is 4.09. The molecule has 1 atom stereocenters. The molecule has 2 heterocycles. The number of rotatable bonds is 4. The quantitative estimate of drug-likeness (QED) is 0.929. The summed E-state index contributed by atoms with van der Waals surface area (Å²) < 4.78 is 7.51. The van der Waals surface area contributed by atoms with Gasteiger partial charge in [0.1, 0.15) is 0 Å². The molecule has 1 aliphatic heterocycles. The summed E-state index contributed by atoms with van der Waals surface area (Å²) >= 11 is 0. The summed E-state index contributed by atoms with van der Waals surface area (Å²) in [5.41, 5.74) is 2.34. The summed E-state index contributed by atoms with van der Waals surface area (Å²) in [6, 6.07) is 12.7. The van der Waals surface area contributed by atoms with Crippen LogP contribution < -0.4 is 5.32 Å². The molecule has 4 nitrogen and oxygen atoms in total. The van der Waals surface area contributed by atoms with Gasteiger partial charge in [-0.3, -0.25) is 0 Å². The molecule has 0 bridgehead atoms. The first-order chi connectivity index (χ1) is 9.90. The monoisotopic (exact) mass is 271 g/mol. The van der Waals surface area contributed by atoms with Crippen molar-refractivity contribution in [2.75, 3.05) is 20.3 Å². The molecule has 0 aliphatic carbocycles. The van der Waals surface area contributed by atoms with Gasteiger partial charge in [0.25, 0.3) is 0 Å². The maximum atomic E-state index is 5.48. The second kappa shape index (κ2) is 6.20. The van der Waals surface area contributed by atoms with Gasteiger partial charge in [-0.15, -0.1) is 0 Å². The Hall–Kier alpha value is -1.65. The molecule has 1 N–H and O–H groups in total. The molecular weight excluding hydrogens is 250 g/mol. The van der Waals surface area contributed by atoms with Crippen LogP contribution in [0.4, 0.5) is 0 Å². The Kier molecular flexibility index (Phi) is 4.14. The average Bonchev–Trinajstić information content (AvgIpc) is 2.99. The van der Waals surface area contributed by atoms with Crippen LogP contribution in [0.15, 0.2) is 42.6 Å². The standard InChI is InChI=1S/C16H21N3O/c1-17-16(13-8-11-20-12-9-13)15-7-10-18-19(15)14-5-3-2-4-6-14/h2-7,10,13,16-17H,8-9,11-12H2,1H3. The zero-order chi connectivity index (χ0) is 13.8. The highest BCUT2D eigenvalue weighted by Gasteiger charge is 2.26. The third-order valence-electron chi connectivity index (χ3n) is 4.04. The number of nitrogens with zero attached hydrogens (tertiary/aromatic N) is 2. The van der Waals surface area contributed by atoms with Crippen LogP contribution in [0.1, 0.15) is 24.6 Å². The van der Waals surface area contributed by atoms with Crippen molar-refractivity contribution in [3.05, 3.63) is 48.3 Å². The van der Waals surface area contributed by atoms with Crippen molar-refractivity contribution in [3.8, 4) is 5.69 Å². The first-order valence-corrected chi connectivity index (χ1v) is 7.24. The van der Waals surface area contributed by atoms with Gasteiger partial charge >= 0.3 is 0 Å². The van der Waals surface area contributed by atoms with E-state index in [0.717, 1.165) is 31.7 Å². The van der Waals surface area contributed by atoms with Crippen LogP contribution >= 0.6 is 0 Å². The first-order valence-electron chi connectivity index (χ1n) is 7.24. The van der Waals surface area contributed by atoms with Gasteiger partial charge in [-0.25, -0.2) is 4.68 Å². The number of hydrogen-bond donors (Lipinski definition) is 1. The number of ether oxygens (including phenoxy) is 1. The van der Waals surface area contributed by atoms with Crippen LogP contribution in [0.3, 0.4) is 0 Å². The third kappa shape index (κ3) is 2.62. The Bertz CT molecular complexity index is 532. The number of aromatic nitrogens is 2. The number of hydrogen-bond acceptors (Lipinski definition) is 3. The van der Waals surface area contributed by atoms with Crippen molar-refractivity contribution in [3.63, 3.8) is 0 Å². The molecule has 1 saturated heterocycles. The maximum absolute atomic E-state index is 5.48. The molecule has 1 fully saturated rings. The summed E-state index contributed by atoms with van der Waals surface area (Å²) in [5, 5.41) is 7.96. The van der Waals surface area contributed by atoms with E-state index >= 15 is 0 Å². The Morgan fingerprint density at radius 1 is 1.20 bits per heavy atom. The van der Waals surface area contributed by atoms with Gasteiger partial charge in [-0.1, -0.05) is 18.2 Å². The van der Waals surface area contributed by atoms with E-state index in [1.54, 1.807) is 0 Å². The molecule has 0 saturated carbocycles. The predicted molar refractivity (Wildman–Crippen MR) is 78.9 cm³/mol. The van der Waals surface area contributed by atoms with Crippen molar-refractivity contribution in [1.82, 2.24) is 15.1 Å². The molecular formula is C16H21N3O. The van der Waals surface area contributed by atoms with Crippen LogP contribution in [0.5, 0.6) is 0 Å². The van der Waals surface area contributed by atoms with E-state index in [1.165, 1.54) is 5.69 Å². The Balaban J connectivity index is 1.91. The van der Waals surface area contributed by atoms with Crippen molar-refractivity contribution >= 4 is 0 Å². The van der Waals surface area contributed by atoms with Crippen molar-refractivity contribution in [2.45, 2.75) is 18.9 Å². The molecule has 20 heavy (non-hydrogen) atoms. The van der Waals surface area contributed by atoms with Gasteiger partial charge in [0, 0.05) is 19.4 Å². The SMILES string of the molecule is CNC(c1ccnn1-c1ccccc1)C1CCOCC1. The van der Waals surface area contributed by atoms with E-state index < -0.39 is 0 Å². The van der Waals surface area contributed by atoms with Crippen molar-refractivity contribution in [2.24, 2.45) is 5.92 Å². The van der Waals surface area contributed by atoms with E-state index in [-0.39, 0.29) is 0 Å². The van der Waals surface area contributed by atoms with Crippen LogP contribution in [0, 0.1) is 5.92 Å². The van der Waals surface area contributed by atoms with Crippen LogP contribution in [-0.2, 0) is 4.74 Å². The zero-order valence-corrected chi connectivity index (χ0v) is 11.8. The largest absolute Gasteiger partial charge is 0.381 e. The molecule has 1 aliphatic rings. The molecule has 0 amide bonds. The highest BCUT2D eigenvalue weighted by atomic mass is 16.5. The first kappa shape index (κ1) is 13.3. The minimum Gasteiger partial charge on any atom is -0.381 e. The average molecular weight is 271 g/mol. The lowest BCUT2D eigenvalue weighted by atomic mass is 9.89. The molecule has 1 aromatic carbocycles. The highest BCUT2D eigenvalue weighted by molar-refractivity contribution is 5.33. The lowest BCUT2D eigenvalue weighted by Gasteiger charge is -2.30. The fourth-order valence-corrected chi connectivity index (χ4v) is 3.01. The van der Waals surface area contributed by atoms with E-state index in [4.69, 9.17) is 4.74 Å². The fraction of sp³-hybridized carbons (Fsp3) is 0.438. The molecule has 106 valence electrons. The second-order valence-corrected chi connectivity index (χ2v) is 5.22. The molecule has 4 heteroatoms. The van der Waals surface area contributed by atoms with Gasteiger partial charge in [0.05, 0.1) is 17.4 Å². The third-order valence-corrected chi connectivity index (χ3v) is 4.04. The minimum absolute atomic E-state index is 0.321. The van der Waals surface area contributed by atoms with Gasteiger partial charge in [0.2, 0.25) is 0 Å². The topological polar surface area (TPSA) is 39.1 Å². The number of benzene rings is 1. The minimum atomic E-state index is 0.321. The van der Waals surface area contributed by atoms with Gasteiger partial charge in [-0.05, 0) is 44.0 Å². The van der Waals surface area contributed by atoms with Crippen LogP contribution in [0.2, 0.25) is 0 Å². The van der Waals surface area contributed by atoms with E-state index in [1.807, 2.05) is 36.1 Å². The Morgan fingerprint density at radius 2 is 1.95 bits per heavy atom.